The summed E-state index contributed by atoms with van der Waals surface area (Å²) in [6.45, 7) is 3.50. The molecule has 1 aliphatic carbocycles. The molecule has 1 N–H and O–H groups in total. The second-order valence-corrected chi connectivity index (χ2v) is 6.60. The van der Waals surface area contributed by atoms with Crippen molar-refractivity contribution in [1.29, 1.82) is 0 Å². The van der Waals surface area contributed by atoms with E-state index in [0.717, 1.165) is 24.9 Å². The largest absolute Gasteiger partial charge is 0.337 e. The molecule has 0 spiro atoms. The van der Waals surface area contributed by atoms with E-state index in [9.17, 15) is 4.79 Å². The van der Waals surface area contributed by atoms with Crippen molar-refractivity contribution in [2.45, 2.75) is 31.7 Å². The van der Waals surface area contributed by atoms with Gasteiger partial charge >= 0.3 is 6.03 Å². The predicted octanol–water partition coefficient (Wildman–Crippen LogP) is 3.87. The summed E-state index contributed by atoms with van der Waals surface area (Å²) in [6.07, 6.45) is 2.31. The maximum atomic E-state index is 12.4. The molecule has 0 aromatic heterocycles. The number of benzene rings is 2. The summed E-state index contributed by atoms with van der Waals surface area (Å²) >= 11 is 0. The molecule has 3 nitrogen and oxygen atoms in total. The second kappa shape index (κ2) is 6.45. The minimum Gasteiger partial charge on any atom is -0.337 e. The molecule has 0 saturated heterocycles. The van der Waals surface area contributed by atoms with E-state index in [0.29, 0.717) is 6.54 Å². The summed E-state index contributed by atoms with van der Waals surface area (Å²) < 4.78 is 0. The fourth-order valence-corrected chi connectivity index (χ4v) is 3.17. The van der Waals surface area contributed by atoms with E-state index >= 15 is 0 Å². The molecule has 120 valence electrons. The highest BCUT2D eigenvalue weighted by Gasteiger charge is 2.45. The van der Waals surface area contributed by atoms with Gasteiger partial charge in [-0.25, -0.2) is 4.79 Å². The van der Waals surface area contributed by atoms with Gasteiger partial charge in [-0.1, -0.05) is 54.6 Å². The normalized spacial score (nSPS) is 15.0. The summed E-state index contributed by atoms with van der Waals surface area (Å²) in [5, 5.41) is 3.12. The average Bonchev–Trinajstić information content (AvgIpc) is 3.35. The summed E-state index contributed by atoms with van der Waals surface area (Å²) in [7, 11) is 1.84. The van der Waals surface area contributed by atoms with E-state index in [2.05, 4.69) is 36.5 Å². The summed E-state index contributed by atoms with van der Waals surface area (Å²) in [6, 6.07) is 18.6. The number of hydrogen-bond donors (Lipinski definition) is 1. The van der Waals surface area contributed by atoms with Crippen molar-refractivity contribution in [3.8, 4) is 0 Å². The molecular formula is C20H24N2O. The van der Waals surface area contributed by atoms with Crippen LogP contribution >= 0.6 is 0 Å². The van der Waals surface area contributed by atoms with E-state index in [-0.39, 0.29) is 11.4 Å². The maximum Gasteiger partial charge on any atom is 0.317 e. The van der Waals surface area contributed by atoms with Crippen LogP contribution in [0.1, 0.15) is 29.5 Å². The fourth-order valence-electron chi connectivity index (χ4n) is 3.17. The summed E-state index contributed by atoms with van der Waals surface area (Å²) in [4.78, 5) is 14.1. The van der Waals surface area contributed by atoms with Crippen molar-refractivity contribution in [2.75, 3.05) is 13.6 Å². The Labute approximate surface area is 138 Å². The van der Waals surface area contributed by atoms with E-state index in [1.807, 2.05) is 37.4 Å². The number of amides is 2. The molecule has 3 heteroatoms. The van der Waals surface area contributed by atoms with E-state index in [1.165, 1.54) is 11.1 Å². The molecule has 1 saturated carbocycles. The van der Waals surface area contributed by atoms with Gasteiger partial charge in [-0.2, -0.15) is 0 Å². The van der Waals surface area contributed by atoms with Gasteiger partial charge in [-0.3, -0.25) is 0 Å². The number of aryl methyl sites for hydroxylation is 1. The van der Waals surface area contributed by atoms with Crippen LogP contribution in [0, 0.1) is 6.92 Å². The van der Waals surface area contributed by atoms with Gasteiger partial charge in [0.1, 0.15) is 0 Å². The lowest BCUT2D eigenvalue weighted by atomic mass is 9.92. The quantitative estimate of drug-likeness (QED) is 0.893. The molecule has 0 heterocycles. The number of urea groups is 1. The molecule has 0 unspecified atom stereocenters. The van der Waals surface area contributed by atoms with Crippen molar-refractivity contribution < 1.29 is 4.79 Å². The van der Waals surface area contributed by atoms with E-state index < -0.39 is 0 Å². The lowest BCUT2D eigenvalue weighted by Gasteiger charge is -2.22. The monoisotopic (exact) mass is 308 g/mol. The molecule has 0 bridgehead atoms. The Morgan fingerprint density at radius 3 is 2.39 bits per heavy atom. The standard InChI is InChI=1S/C20H24N2O/c1-16-8-6-7-11-18(16)20(12-13-20)15-21-19(23)22(2)14-17-9-4-3-5-10-17/h3-11H,12-15H2,1-2H3,(H,21,23). The Hall–Kier alpha value is -2.29. The lowest BCUT2D eigenvalue weighted by molar-refractivity contribution is 0.206. The van der Waals surface area contributed by atoms with Crippen LogP contribution in [-0.2, 0) is 12.0 Å². The molecule has 0 atom stereocenters. The van der Waals surface area contributed by atoms with Crippen LogP contribution in [0.15, 0.2) is 54.6 Å². The van der Waals surface area contributed by atoms with E-state index in [1.54, 1.807) is 4.90 Å². The van der Waals surface area contributed by atoms with Gasteiger partial charge in [0.05, 0.1) is 0 Å². The SMILES string of the molecule is Cc1ccccc1C1(CNC(=O)N(C)Cc2ccccc2)CC1. The molecular weight excluding hydrogens is 284 g/mol. The van der Waals surface area contributed by atoms with Crippen LogP contribution in [-0.4, -0.2) is 24.5 Å². The summed E-state index contributed by atoms with van der Waals surface area (Å²) in [5.74, 6) is 0. The van der Waals surface area contributed by atoms with Crippen LogP contribution in [0.3, 0.4) is 0 Å². The summed E-state index contributed by atoms with van der Waals surface area (Å²) in [5.41, 5.74) is 3.99. The van der Waals surface area contributed by atoms with Crippen molar-refractivity contribution >= 4 is 6.03 Å². The van der Waals surface area contributed by atoms with Gasteiger partial charge in [0, 0.05) is 25.6 Å². The third kappa shape index (κ3) is 3.55. The third-order valence-corrected chi connectivity index (χ3v) is 4.76. The Balaban J connectivity index is 1.58. The molecule has 2 aromatic carbocycles. The average molecular weight is 308 g/mol. The molecule has 0 radical (unpaired) electrons. The smallest absolute Gasteiger partial charge is 0.317 e. The van der Waals surface area contributed by atoms with Gasteiger partial charge in [-0.15, -0.1) is 0 Å². The van der Waals surface area contributed by atoms with Crippen molar-refractivity contribution in [3.05, 3.63) is 71.3 Å². The van der Waals surface area contributed by atoms with Crippen molar-refractivity contribution in [2.24, 2.45) is 0 Å². The minimum atomic E-state index is -0.00582. The van der Waals surface area contributed by atoms with E-state index in [4.69, 9.17) is 0 Å². The van der Waals surface area contributed by atoms with Gasteiger partial charge in [0.2, 0.25) is 0 Å². The molecule has 23 heavy (non-hydrogen) atoms. The minimum absolute atomic E-state index is 0.00582. The van der Waals surface area contributed by atoms with Crippen molar-refractivity contribution in [1.82, 2.24) is 10.2 Å². The van der Waals surface area contributed by atoms with Gasteiger partial charge in [0.15, 0.2) is 0 Å². The number of hydrogen-bond acceptors (Lipinski definition) is 1. The number of carbonyl (C=O) groups is 1. The van der Waals surface area contributed by atoms with Crippen LogP contribution in [0.2, 0.25) is 0 Å². The lowest BCUT2D eigenvalue weighted by Crippen LogP contribution is -2.40. The van der Waals surface area contributed by atoms with Gasteiger partial charge in [0.25, 0.3) is 0 Å². The highest BCUT2D eigenvalue weighted by Crippen LogP contribution is 2.48. The molecule has 2 aromatic rings. The topological polar surface area (TPSA) is 32.3 Å². The number of carbonyl (C=O) groups excluding carboxylic acids is 1. The maximum absolute atomic E-state index is 12.4. The Morgan fingerprint density at radius 2 is 1.74 bits per heavy atom. The first-order valence-corrected chi connectivity index (χ1v) is 8.20. The highest BCUT2D eigenvalue weighted by molar-refractivity contribution is 5.74. The van der Waals surface area contributed by atoms with Gasteiger partial charge < -0.3 is 10.2 Å². The molecule has 3 rings (SSSR count). The Morgan fingerprint density at radius 1 is 1.09 bits per heavy atom. The van der Waals surface area contributed by atoms with Crippen LogP contribution in [0.5, 0.6) is 0 Å². The van der Waals surface area contributed by atoms with Crippen LogP contribution in [0.4, 0.5) is 4.79 Å². The number of rotatable bonds is 5. The first kappa shape index (κ1) is 15.6. The van der Waals surface area contributed by atoms with Crippen LogP contribution < -0.4 is 5.32 Å². The zero-order chi connectivity index (χ0) is 16.3. The van der Waals surface area contributed by atoms with Crippen LogP contribution in [0.25, 0.3) is 0 Å². The van der Waals surface area contributed by atoms with Crippen molar-refractivity contribution in [3.63, 3.8) is 0 Å². The first-order chi connectivity index (χ1) is 11.1. The Kier molecular flexibility index (Phi) is 4.37. The molecule has 0 aliphatic heterocycles. The highest BCUT2D eigenvalue weighted by atomic mass is 16.2. The molecule has 1 fully saturated rings. The fraction of sp³-hybridized carbons (Fsp3) is 0.350. The zero-order valence-electron chi connectivity index (χ0n) is 13.9. The van der Waals surface area contributed by atoms with Gasteiger partial charge in [-0.05, 0) is 36.5 Å². The molecule has 2 amide bonds. The predicted molar refractivity (Wildman–Crippen MR) is 93.4 cm³/mol. The first-order valence-electron chi connectivity index (χ1n) is 8.20. The molecule has 1 aliphatic rings. The zero-order valence-corrected chi connectivity index (χ0v) is 13.9. The second-order valence-electron chi connectivity index (χ2n) is 6.60. The third-order valence-electron chi connectivity index (χ3n) is 4.76. The number of nitrogens with one attached hydrogen (secondary N) is 1. The Bertz CT molecular complexity index is 677. The number of nitrogens with zero attached hydrogens (tertiary/aromatic N) is 1.